The number of hydrogen-bond donors (Lipinski definition) is 3. The number of benzene rings is 2. The number of carbonyl (C=O) groups excluding carboxylic acids is 2. The number of carbonyl (C=O) groups is 2. The minimum Gasteiger partial charge on any atom is -0.392 e. The number of rotatable bonds is 6. The Kier molecular flexibility index (Phi) is 6.37. The van der Waals surface area contributed by atoms with Gasteiger partial charge in [-0.3, -0.25) is 9.59 Å². The molecular weight excluding hydrogens is 478 g/mol. The van der Waals surface area contributed by atoms with E-state index >= 15 is 0 Å². The topological polar surface area (TPSA) is 123 Å². The van der Waals surface area contributed by atoms with Crippen molar-refractivity contribution in [2.45, 2.75) is 12.8 Å². The van der Waals surface area contributed by atoms with E-state index in [1.165, 1.54) is 6.20 Å². The van der Waals surface area contributed by atoms with Crippen molar-refractivity contribution in [3.63, 3.8) is 0 Å². The lowest BCUT2D eigenvalue weighted by molar-refractivity contribution is 0.0992. The Bertz CT molecular complexity index is 1510. The van der Waals surface area contributed by atoms with Crippen LogP contribution >= 0.6 is 11.6 Å². The van der Waals surface area contributed by atoms with E-state index < -0.39 is 5.91 Å². The van der Waals surface area contributed by atoms with Crippen molar-refractivity contribution in [1.82, 2.24) is 14.8 Å². The van der Waals surface area contributed by atoms with Crippen molar-refractivity contribution in [2.24, 2.45) is 5.73 Å². The quantitative estimate of drug-likeness (QED) is 0.345. The SMILES string of the molecule is NC(=O)c1nn(-c2ccc(C=CCO)cc2)c2c1CCc1ccc(NC(=O)c3cccnc3Cl)cc1-2. The van der Waals surface area contributed by atoms with E-state index in [-0.39, 0.29) is 28.9 Å². The molecule has 0 fully saturated rings. The van der Waals surface area contributed by atoms with Crippen LogP contribution < -0.4 is 11.1 Å². The highest BCUT2D eigenvalue weighted by atomic mass is 35.5. The van der Waals surface area contributed by atoms with E-state index in [4.69, 9.17) is 22.4 Å². The van der Waals surface area contributed by atoms with Gasteiger partial charge in [0.15, 0.2) is 5.69 Å². The molecule has 0 saturated heterocycles. The Morgan fingerprint density at radius 3 is 2.67 bits per heavy atom. The Morgan fingerprint density at radius 2 is 1.94 bits per heavy atom. The number of amides is 2. The van der Waals surface area contributed by atoms with Crippen molar-refractivity contribution >= 4 is 35.2 Å². The number of nitrogens with one attached hydrogen (secondary N) is 1. The Balaban J connectivity index is 1.57. The largest absolute Gasteiger partial charge is 0.392 e. The van der Waals surface area contributed by atoms with Crippen LogP contribution in [0.4, 0.5) is 5.69 Å². The zero-order valence-corrected chi connectivity index (χ0v) is 19.9. The highest BCUT2D eigenvalue weighted by Crippen LogP contribution is 2.38. The first-order valence-corrected chi connectivity index (χ1v) is 11.7. The van der Waals surface area contributed by atoms with Gasteiger partial charge in [0.1, 0.15) is 5.15 Å². The van der Waals surface area contributed by atoms with Crippen LogP contribution in [0.2, 0.25) is 5.15 Å². The second-order valence-electron chi connectivity index (χ2n) is 8.30. The molecule has 0 unspecified atom stereocenters. The van der Waals surface area contributed by atoms with E-state index in [1.807, 2.05) is 48.5 Å². The molecule has 180 valence electrons. The third kappa shape index (κ3) is 4.39. The second-order valence-corrected chi connectivity index (χ2v) is 8.65. The molecule has 0 saturated carbocycles. The number of aliphatic hydroxyl groups is 1. The average Bonchev–Trinajstić information content (AvgIpc) is 3.28. The van der Waals surface area contributed by atoms with Crippen molar-refractivity contribution in [3.05, 3.63) is 100.0 Å². The maximum Gasteiger partial charge on any atom is 0.269 e. The first kappa shape index (κ1) is 23.5. The fraction of sp³-hybridized carbons (Fsp3) is 0.111. The summed E-state index contributed by atoms with van der Waals surface area (Å²) in [4.78, 5) is 29.0. The van der Waals surface area contributed by atoms with Gasteiger partial charge in [-0.2, -0.15) is 5.10 Å². The molecule has 2 aromatic carbocycles. The van der Waals surface area contributed by atoms with Gasteiger partial charge in [0.25, 0.3) is 11.8 Å². The van der Waals surface area contributed by atoms with E-state index in [1.54, 1.807) is 22.9 Å². The summed E-state index contributed by atoms with van der Waals surface area (Å²) in [5.74, 6) is -0.964. The Morgan fingerprint density at radius 1 is 1.14 bits per heavy atom. The second kappa shape index (κ2) is 9.77. The van der Waals surface area contributed by atoms with Crippen molar-refractivity contribution in [2.75, 3.05) is 11.9 Å². The molecule has 0 radical (unpaired) electrons. The lowest BCUT2D eigenvalue weighted by Crippen LogP contribution is -2.16. The van der Waals surface area contributed by atoms with E-state index in [9.17, 15) is 9.59 Å². The van der Waals surface area contributed by atoms with Crippen LogP contribution in [0.15, 0.2) is 66.9 Å². The average molecular weight is 500 g/mol. The number of halogens is 1. The number of primary amides is 1. The van der Waals surface area contributed by atoms with Crippen LogP contribution in [0.5, 0.6) is 0 Å². The lowest BCUT2D eigenvalue weighted by atomic mass is 9.88. The summed E-state index contributed by atoms with van der Waals surface area (Å²) in [6, 6.07) is 16.5. The predicted molar refractivity (Wildman–Crippen MR) is 138 cm³/mol. The molecule has 9 heteroatoms. The van der Waals surface area contributed by atoms with Gasteiger partial charge in [0.05, 0.1) is 23.6 Å². The minimum absolute atomic E-state index is 0.0426. The lowest BCUT2D eigenvalue weighted by Gasteiger charge is -2.20. The maximum atomic E-state index is 12.8. The van der Waals surface area contributed by atoms with Gasteiger partial charge >= 0.3 is 0 Å². The van der Waals surface area contributed by atoms with Gasteiger partial charge in [-0.25, -0.2) is 9.67 Å². The zero-order valence-electron chi connectivity index (χ0n) is 19.1. The molecule has 0 bridgehead atoms. The molecule has 2 heterocycles. The number of nitrogens with two attached hydrogens (primary N) is 1. The molecule has 4 aromatic rings. The fourth-order valence-electron chi connectivity index (χ4n) is 4.37. The van der Waals surface area contributed by atoms with Crippen molar-refractivity contribution in [3.8, 4) is 16.9 Å². The third-order valence-electron chi connectivity index (χ3n) is 6.04. The molecule has 0 atom stereocenters. The number of hydrogen-bond acceptors (Lipinski definition) is 5. The molecular formula is C27H22ClN5O3. The summed E-state index contributed by atoms with van der Waals surface area (Å²) in [6.07, 6.45) is 6.32. The summed E-state index contributed by atoms with van der Waals surface area (Å²) in [6.45, 7) is -0.0426. The maximum absolute atomic E-state index is 12.8. The number of nitrogens with zero attached hydrogens (tertiary/aromatic N) is 3. The standard InChI is InChI=1S/C27H22ClN5O3/c28-25-21(4-1-13-30-25)27(36)31-18-9-7-17-8-12-20-23(26(29)35)32-33(24(20)22(17)15-18)19-10-5-16(6-11-19)3-2-14-34/h1-7,9-11,13,15,34H,8,12,14H2,(H2,29,35)(H,31,36). The Labute approximate surface area is 212 Å². The molecule has 0 spiro atoms. The molecule has 36 heavy (non-hydrogen) atoms. The monoisotopic (exact) mass is 499 g/mol. The number of fused-ring (bicyclic) bond motifs is 3. The highest BCUT2D eigenvalue weighted by molar-refractivity contribution is 6.33. The van der Waals surface area contributed by atoms with Gasteiger partial charge in [-0.15, -0.1) is 0 Å². The van der Waals surface area contributed by atoms with Crippen LogP contribution in [0.25, 0.3) is 23.0 Å². The smallest absolute Gasteiger partial charge is 0.269 e. The summed E-state index contributed by atoms with van der Waals surface area (Å²) in [5.41, 5.74) is 11.9. The molecule has 8 nitrogen and oxygen atoms in total. The Hall–Kier alpha value is -4.27. The number of aromatic nitrogens is 3. The van der Waals surface area contributed by atoms with E-state index in [0.717, 1.165) is 33.6 Å². The van der Waals surface area contributed by atoms with Gasteiger partial charge in [-0.1, -0.05) is 42.0 Å². The minimum atomic E-state index is -0.591. The summed E-state index contributed by atoms with van der Waals surface area (Å²) >= 11 is 6.08. The molecule has 1 aliphatic rings. The van der Waals surface area contributed by atoms with Gasteiger partial charge < -0.3 is 16.2 Å². The molecule has 5 rings (SSSR count). The van der Waals surface area contributed by atoms with E-state index in [0.29, 0.717) is 18.5 Å². The van der Waals surface area contributed by atoms with Crippen LogP contribution in [0.1, 0.15) is 37.5 Å². The van der Waals surface area contributed by atoms with Crippen molar-refractivity contribution in [1.29, 1.82) is 0 Å². The first-order valence-electron chi connectivity index (χ1n) is 11.3. The molecule has 2 aromatic heterocycles. The first-order chi connectivity index (χ1) is 17.5. The van der Waals surface area contributed by atoms with Crippen molar-refractivity contribution < 1.29 is 14.7 Å². The molecule has 4 N–H and O–H groups in total. The van der Waals surface area contributed by atoms with Gasteiger partial charge in [-0.05, 0) is 60.4 Å². The molecule has 0 aliphatic heterocycles. The number of pyridine rings is 1. The van der Waals surface area contributed by atoms with Gasteiger partial charge in [0.2, 0.25) is 0 Å². The van der Waals surface area contributed by atoms with Crippen LogP contribution in [0.3, 0.4) is 0 Å². The predicted octanol–water partition coefficient (Wildman–Crippen LogP) is 4.04. The summed E-state index contributed by atoms with van der Waals surface area (Å²) in [5, 5.41) is 16.6. The normalized spacial score (nSPS) is 12.3. The van der Waals surface area contributed by atoms with Crippen LogP contribution in [0, 0.1) is 0 Å². The number of aliphatic hydroxyl groups excluding tert-OH is 1. The zero-order chi connectivity index (χ0) is 25.2. The van der Waals surface area contributed by atoms with Gasteiger partial charge in [0, 0.05) is 23.0 Å². The number of anilines is 1. The summed E-state index contributed by atoms with van der Waals surface area (Å²) in [7, 11) is 0. The molecule has 1 aliphatic carbocycles. The molecule has 2 amide bonds. The fourth-order valence-corrected chi connectivity index (χ4v) is 4.58. The van der Waals surface area contributed by atoms with E-state index in [2.05, 4.69) is 15.4 Å². The summed E-state index contributed by atoms with van der Waals surface area (Å²) < 4.78 is 1.72. The number of aryl methyl sites for hydroxylation is 1. The van der Waals surface area contributed by atoms with Crippen LogP contribution in [-0.2, 0) is 12.8 Å². The highest BCUT2D eigenvalue weighted by Gasteiger charge is 2.28. The van der Waals surface area contributed by atoms with Crippen LogP contribution in [-0.4, -0.2) is 38.3 Å². The third-order valence-corrected chi connectivity index (χ3v) is 6.34.